The first-order valence-corrected chi connectivity index (χ1v) is 3.87. The van der Waals surface area contributed by atoms with E-state index < -0.39 is 0 Å². The second-order valence-electron chi connectivity index (χ2n) is 2.85. The van der Waals surface area contributed by atoms with Gasteiger partial charge in [0.15, 0.2) is 0 Å². The topological polar surface area (TPSA) is 51.0 Å². The van der Waals surface area contributed by atoms with Crippen LogP contribution in [0.4, 0.5) is 0 Å². The summed E-state index contributed by atoms with van der Waals surface area (Å²) >= 11 is 0. The largest absolute Gasteiger partial charge is 0.425 e. The van der Waals surface area contributed by atoms with Crippen molar-refractivity contribution in [2.24, 2.45) is 0 Å². The molecule has 0 aliphatic carbocycles. The first kappa shape index (κ1) is 6.79. The second kappa shape index (κ2) is 2.62. The number of rotatable bonds is 1. The van der Waals surface area contributed by atoms with Crippen molar-refractivity contribution in [2.45, 2.75) is 19.3 Å². The van der Waals surface area contributed by atoms with Gasteiger partial charge in [0.05, 0.1) is 5.92 Å². The first-order chi connectivity index (χ1) is 5.36. The third-order valence-corrected chi connectivity index (χ3v) is 1.95. The quantitative estimate of drug-likeness (QED) is 0.636. The molecule has 0 aromatic carbocycles. The van der Waals surface area contributed by atoms with Gasteiger partial charge in [-0.15, -0.1) is 10.2 Å². The molecule has 1 aromatic heterocycles. The molecule has 0 unspecified atom stereocenters. The molecule has 1 fully saturated rings. The molecule has 1 atom stereocenters. The fourth-order valence-corrected chi connectivity index (χ4v) is 1.34. The molecule has 0 amide bonds. The van der Waals surface area contributed by atoms with Crippen LogP contribution < -0.4 is 5.32 Å². The van der Waals surface area contributed by atoms with Crippen LogP contribution >= 0.6 is 0 Å². The van der Waals surface area contributed by atoms with Crippen molar-refractivity contribution in [3.8, 4) is 0 Å². The van der Waals surface area contributed by atoms with Gasteiger partial charge in [-0.3, -0.25) is 0 Å². The molecule has 60 valence electrons. The van der Waals surface area contributed by atoms with Gasteiger partial charge < -0.3 is 9.73 Å². The molecule has 1 saturated heterocycles. The van der Waals surface area contributed by atoms with Gasteiger partial charge in [-0.1, -0.05) is 0 Å². The van der Waals surface area contributed by atoms with E-state index in [1.807, 2.05) is 6.92 Å². The number of nitrogens with zero attached hydrogens (tertiary/aromatic N) is 2. The van der Waals surface area contributed by atoms with Gasteiger partial charge in [0.1, 0.15) is 0 Å². The summed E-state index contributed by atoms with van der Waals surface area (Å²) in [4.78, 5) is 0. The Balaban J connectivity index is 2.15. The summed E-state index contributed by atoms with van der Waals surface area (Å²) < 4.78 is 5.31. The maximum atomic E-state index is 5.31. The molecule has 2 heterocycles. The van der Waals surface area contributed by atoms with Crippen molar-refractivity contribution in [1.82, 2.24) is 15.5 Å². The predicted molar refractivity (Wildman–Crippen MR) is 39.3 cm³/mol. The molecular weight excluding hydrogens is 142 g/mol. The molecular formula is C7H11N3O. The SMILES string of the molecule is Cc1nnc([C@@H]2CCNC2)o1. The third-order valence-electron chi connectivity index (χ3n) is 1.95. The van der Waals surface area contributed by atoms with Gasteiger partial charge in [-0.25, -0.2) is 0 Å². The molecule has 1 N–H and O–H groups in total. The monoisotopic (exact) mass is 153 g/mol. The van der Waals surface area contributed by atoms with Crippen LogP contribution in [0.25, 0.3) is 0 Å². The molecule has 0 spiro atoms. The minimum absolute atomic E-state index is 0.441. The highest BCUT2D eigenvalue weighted by Gasteiger charge is 2.21. The lowest BCUT2D eigenvalue weighted by Gasteiger charge is -1.98. The smallest absolute Gasteiger partial charge is 0.220 e. The molecule has 11 heavy (non-hydrogen) atoms. The highest BCUT2D eigenvalue weighted by atomic mass is 16.4. The molecule has 1 aliphatic rings. The minimum atomic E-state index is 0.441. The van der Waals surface area contributed by atoms with Crippen LogP contribution in [0, 0.1) is 6.92 Å². The van der Waals surface area contributed by atoms with E-state index in [1.54, 1.807) is 0 Å². The van der Waals surface area contributed by atoms with Crippen LogP contribution in [0.3, 0.4) is 0 Å². The number of hydrogen-bond acceptors (Lipinski definition) is 4. The normalized spacial score (nSPS) is 24.3. The molecule has 4 nitrogen and oxygen atoms in total. The maximum Gasteiger partial charge on any atom is 0.220 e. The zero-order valence-corrected chi connectivity index (χ0v) is 6.50. The Hall–Kier alpha value is -0.900. The standard InChI is InChI=1S/C7H11N3O/c1-5-9-10-7(11-5)6-2-3-8-4-6/h6,8H,2-4H2,1H3/t6-/m1/s1. The van der Waals surface area contributed by atoms with Gasteiger partial charge in [-0.2, -0.15) is 0 Å². The summed E-state index contributed by atoms with van der Waals surface area (Å²) in [5.74, 6) is 1.88. The zero-order chi connectivity index (χ0) is 7.68. The Bertz CT molecular complexity index is 240. The second-order valence-corrected chi connectivity index (χ2v) is 2.85. The van der Waals surface area contributed by atoms with E-state index >= 15 is 0 Å². The van der Waals surface area contributed by atoms with Crippen molar-refractivity contribution in [3.05, 3.63) is 11.8 Å². The van der Waals surface area contributed by atoms with Gasteiger partial charge >= 0.3 is 0 Å². The van der Waals surface area contributed by atoms with Gasteiger partial charge in [0.25, 0.3) is 0 Å². The van der Waals surface area contributed by atoms with E-state index in [-0.39, 0.29) is 0 Å². The van der Waals surface area contributed by atoms with E-state index in [0.717, 1.165) is 25.4 Å². The number of nitrogens with one attached hydrogen (secondary N) is 1. The van der Waals surface area contributed by atoms with Gasteiger partial charge in [-0.05, 0) is 13.0 Å². The lowest BCUT2D eigenvalue weighted by molar-refractivity contribution is 0.437. The lowest BCUT2D eigenvalue weighted by atomic mass is 10.1. The molecule has 0 radical (unpaired) electrons. The van der Waals surface area contributed by atoms with E-state index in [4.69, 9.17) is 4.42 Å². The van der Waals surface area contributed by atoms with Gasteiger partial charge in [0.2, 0.25) is 11.8 Å². The Morgan fingerprint density at radius 1 is 1.55 bits per heavy atom. The Morgan fingerprint density at radius 3 is 3.00 bits per heavy atom. The molecule has 0 bridgehead atoms. The summed E-state index contributed by atoms with van der Waals surface area (Å²) in [7, 11) is 0. The van der Waals surface area contributed by atoms with Crippen LogP contribution in [-0.4, -0.2) is 23.3 Å². The zero-order valence-electron chi connectivity index (χ0n) is 6.50. The van der Waals surface area contributed by atoms with Crippen LogP contribution in [0.2, 0.25) is 0 Å². The first-order valence-electron chi connectivity index (χ1n) is 3.87. The molecule has 0 saturated carbocycles. The van der Waals surface area contributed by atoms with Crippen LogP contribution in [0.5, 0.6) is 0 Å². The van der Waals surface area contributed by atoms with E-state index in [2.05, 4.69) is 15.5 Å². The Kier molecular flexibility index (Phi) is 1.62. The van der Waals surface area contributed by atoms with Crippen molar-refractivity contribution < 1.29 is 4.42 Å². The highest BCUT2D eigenvalue weighted by molar-refractivity contribution is 4.95. The number of aryl methyl sites for hydroxylation is 1. The van der Waals surface area contributed by atoms with E-state index in [0.29, 0.717) is 11.8 Å². The summed E-state index contributed by atoms with van der Waals surface area (Å²) in [5, 5.41) is 11.0. The summed E-state index contributed by atoms with van der Waals surface area (Å²) in [6.07, 6.45) is 1.11. The Labute approximate surface area is 65.0 Å². The van der Waals surface area contributed by atoms with E-state index in [1.165, 1.54) is 0 Å². The summed E-state index contributed by atoms with van der Waals surface area (Å²) in [5.41, 5.74) is 0. The fraction of sp³-hybridized carbons (Fsp3) is 0.714. The minimum Gasteiger partial charge on any atom is -0.425 e. The van der Waals surface area contributed by atoms with Crippen molar-refractivity contribution in [1.29, 1.82) is 0 Å². The summed E-state index contributed by atoms with van der Waals surface area (Å²) in [6.45, 7) is 3.85. The molecule has 1 aliphatic heterocycles. The molecule has 4 heteroatoms. The average molecular weight is 153 g/mol. The Morgan fingerprint density at radius 2 is 2.45 bits per heavy atom. The van der Waals surface area contributed by atoms with Gasteiger partial charge in [0, 0.05) is 13.5 Å². The van der Waals surface area contributed by atoms with Crippen LogP contribution in [-0.2, 0) is 0 Å². The third kappa shape index (κ3) is 1.26. The van der Waals surface area contributed by atoms with Crippen molar-refractivity contribution in [2.75, 3.05) is 13.1 Å². The van der Waals surface area contributed by atoms with E-state index in [9.17, 15) is 0 Å². The lowest BCUT2D eigenvalue weighted by Crippen LogP contribution is -2.08. The fourth-order valence-electron chi connectivity index (χ4n) is 1.34. The summed E-state index contributed by atoms with van der Waals surface area (Å²) in [6, 6.07) is 0. The highest BCUT2D eigenvalue weighted by Crippen LogP contribution is 2.20. The van der Waals surface area contributed by atoms with Crippen LogP contribution in [0.1, 0.15) is 24.1 Å². The number of aromatic nitrogens is 2. The maximum absolute atomic E-state index is 5.31. The molecule has 2 rings (SSSR count). The number of hydrogen-bond donors (Lipinski definition) is 1. The van der Waals surface area contributed by atoms with Crippen molar-refractivity contribution in [3.63, 3.8) is 0 Å². The van der Waals surface area contributed by atoms with Crippen molar-refractivity contribution >= 4 is 0 Å². The molecule has 1 aromatic rings. The predicted octanol–water partition coefficient (Wildman–Crippen LogP) is 0.455. The average Bonchev–Trinajstić information content (AvgIpc) is 2.55. The van der Waals surface area contributed by atoms with Crippen LogP contribution in [0.15, 0.2) is 4.42 Å².